The summed E-state index contributed by atoms with van der Waals surface area (Å²) in [5.41, 5.74) is 4.50. The van der Waals surface area contributed by atoms with Gasteiger partial charge in [-0.3, -0.25) is 14.8 Å². The van der Waals surface area contributed by atoms with Gasteiger partial charge in [-0.2, -0.15) is 0 Å². The number of carbonyl (C=O) groups is 1. The van der Waals surface area contributed by atoms with Crippen molar-refractivity contribution in [1.82, 2.24) is 15.6 Å². The van der Waals surface area contributed by atoms with Crippen molar-refractivity contribution in [2.24, 2.45) is 4.99 Å². The number of benzene rings is 2. The van der Waals surface area contributed by atoms with E-state index < -0.39 is 0 Å². The van der Waals surface area contributed by atoms with E-state index in [-0.39, 0.29) is 5.91 Å². The van der Waals surface area contributed by atoms with E-state index in [2.05, 4.69) is 50.9 Å². The van der Waals surface area contributed by atoms with Gasteiger partial charge in [0.25, 0.3) is 0 Å². The van der Waals surface area contributed by atoms with Crippen LogP contribution >= 0.6 is 0 Å². The lowest BCUT2D eigenvalue weighted by atomic mass is 10.1. The number of aromatic nitrogens is 1. The second kappa shape index (κ2) is 15.3. The maximum Gasteiger partial charge on any atom is 0.216 e. The fourth-order valence-corrected chi connectivity index (χ4v) is 2.90. The lowest BCUT2D eigenvalue weighted by molar-refractivity contribution is -0.118. The van der Waals surface area contributed by atoms with Crippen molar-refractivity contribution in [3.63, 3.8) is 0 Å². The molecule has 1 aromatic heterocycles. The van der Waals surface area contributed by atoms with Crippen LogP contribution in [-0.2, 0) is 24.4 Å². The van der Waals surface area contributed by atoms with Gasteiger partial charge in [-0.05, 0) is 54.8 Å². The number of aliphatic imine (C=N–C) groups is 1. The molecule has 1 heterocycles. The normalized spacial score (nSPS) is 10.4. The van der Waals surface area contributed by atoms with Crippen molar-refractivity contribution < 1.29 is 9.53 Å². The molecule has 174 valence electrons. The van der Waals surface area contributed by atoms with Gasteiger partial charge in [0.1, 0.15) is 12.4 Å². The first kappa shape index (κ1) is 25.7. The SMILES string of the molecule is CCN=Cc1ccnc(CNCCc2ccccc2OCc2ccccc2)c1.CNC(C)=O. The first-order valence-electron chi connectivity index (χ1n) is 11.2. The summed E-state index contributed by atoms with van der Waals surface area (Å²) in [6, 6.07) is 22.5. The summed E-state index contributed by atoms with van der Waals surface area (Å²) >= 11 is 0. The van der Waals surface area contributed by atoms with Crippen LogP contribution in [0.15, 0.2) is 77.9 Å². The minimum Gasteiger partial charge on any atom is -0.489 e. The zero-order chi connectivity index (χ0) is 23.7. The smallest absolute Gasteiger partial charge is 0.216 e. The number of nitrogens with one attached hydrogen (secondary N) is 2. The van der Waals surface area contributed by atoms with Crippen molar-refractivity contribution in [3.05, 3.63) is 95.3 Å². The van der Waals surface area contributed by atoms with E-state index in [0.717, 1.165) is 43.1 Å². The molecule has 0 unspecified atom stereocenters. The molecule has 0 saturated heterocycles. The van der Waals surface area contributed by atoms with Gasteiger partial charge < -0.3 is 15.4 Å². The third kappa shape index (κ3) is 10.6. The van der Waals surface area contributed by atoms with Crippen LogP contribution in [0.25, 0.3) is 0 Å². The average molecular weight is 447 g/mol. The van der Waals surface area contributed by atoms with Crippen LogP contribution < -0.4 is 15.4 Å². The molecule has 3 aromatic rings. The van der Waals surface area contributed by atoms with Gasteiger partial charge in [0.05, 0.1) is 5.69 Å². The number of rotatable bonds is 10. The molecule has 2 aromatic carbocycles. The van der Waals surface area contributed by atoms with Crippen LogP contribution in [0.3, 0.4) is 0 Å². The van der Waals surface area contributed by atoms with E-state index >= 15 is 0 Å². The van der Waals surface area contributed by atoms with Gasteiger partial charge in [0.15, 0.2) is 0 Å². The fraction of sp³-hybridized carbons (Fsp3) is 0.296. The number of carbonyl (C=O) groups excluding carboxylic acids is 1. The Morgan fingerprint density at radius 2 is 1.82 bits per heavy atom. The molecule has 33 heavy (non-hydrogen) atoms. The van der Waals surface area contributed by atoms with Crippen LogP contribution in [0.1, 0.15) is 36.2 Å². The Labute approximate surface area is 197 Å². The lowest BCUT2D eigenvalue weighted by Gasteiger charge is -2.12. The highest BCUT2D eigenvalue weighted by Gasteiger charge is 2.04. The minimum atomic E-state index is 0.00463. The van der Waals surface area contributed by atoms with Gasteiger partial charge in [0, 0.05) is 39.5 Å². The Balaban J connectivity index is 0.000000696. The van der Waals surface area contributed by atoms with Crippen LogP contribution in [-0.4, -0.2) is 37.2 Å². The number of hydrogen-bond donors (Lipinski definition) is 2. The molecule has 0 fully saturated rings. The predicted octanol–water partition coefficient (Wildman–Crippen LogP) is 4.18. The molecule has 0 radical (unpaired) electrons. The molecule has 0 atom stereocenters. The highest BCUT2D eigenvalue weighted by atomic mass is 16.5. The van der Waals surface area contributed by atoms with Crippen LogP contribution in [0.5, 0.6) is 5.75 Å². The maximum absolute atomic E-state index is 9.70. The summed E-state index contributed by atoms with van der Waals surface area (Å²) in [7, 11) is 1.60. The number of para-hydroxylation sites is 1. The highest BCUT2D eigenvalue weighted by Crippen LogP contribution is 2.19. The molecule has 0 saturated carbocycles. The van der Waals surface area contributed by atoms with E-state index in [1.54, 1.807) is 7.05 Å². The topological polar surface area (TPSA) is 75.6 Å². The van der Waals surface area contributed by atoms with Gasteiger partial charge in [-0.1, -0.05) is 48.5 Å². The highest BCUT2D eigenvalue weighted by molar-refractivity contribution is 5.79. The number of nitrogens with zero attached hydrogens (tertiary/aromatic N) is 2. The van der Waals surface area contributed by atoms with Gasteiger partial charge in [0.2, 0.25) is 5.91 Å². The quantitative estimate of drug-likeness (QED) is 0.362. The van der Waals surface area contributed by atoms with Crippen LogP contribution in [0, 0.1) is 0 Å². The molecule has 0 spiro atoms. The van der Waals surface area contributed by atoms with Crippen LogP contribution in [0.2, 0.25) is 0 Å². The Morgan fingerprint density at radius 1 is 1.09 bits per heavy atom. The van der Waals surface area contributed by atoms with E-state index in [4.69, 9.17) is 4.74 Å². The molecule has 0 bridgehead atoms. The molecular formula is C27H34N4O2. The summed E-state index contributed by atoms with van der Waals surface area (Å²) in [4.78, 5) is 18.4. The number of amides is 1. The number of ether oxygens (including phenoxy) is 1. The molecule has 0 aliphatic carbocycles. The monoisotopic (exact) mass is 446 g/mol. The van der Waals surface area contributed by atoms with Gasteiger partial charge in [-0.25, -0.2) is 0 Å². The Kier molecular flexibility index (Phi) is 12.0. The third-order valence-electron chi connectivity index (χ3n) is 4.70. The number of hydrogen-bond acceptors (Lipinski definition) is 5. The molecule has 3 rings (SSSR count). The Bertz CT molecular complexity index is 990. The summed E-state index contributed by atoms with van der Waals surface area (Å²) < 4.78 is 6.04. The van der Waals surface area contributed by atoms with Crippen molar-refractivity contribution in [2.45, 2.75) is 33.4 Å². The third-order valence-corrected chi connectivity index (χ3v) is 4.70. The van der Waals surface area contributed by atoms with E-state index in [1.165, 1.54) is 18.1 Å². The minimum absolute atomic E-state index is 0.00463. The second-order valence-electron chi connectivity index (χ2n) is 7.32. The average Bonchev–Trinajstić information content (AvgIpc) is 2.86. The molecule has 0 aliphatic heterocycles. The standard InChI is InChI=1S/C24H27N3O.C3H7NO/c1-2-25-17-21-12-15-27-23(16-21)18-26-14-13-22-10-6-7-11-24(22)28-19-20-8-4-3-5-9-20;1-3(5)4-2/h3-12,15-17,26H,2,13-14,18-19H2,1H3;1-2H3,(H,4,5). The van der Waals surface area contributed by atoms with E-state index in [9.17, 15) is 4.79 Å². The largest absolute Gasteiger partial charge is 0.489 e. The maximum atomic E-state index is 9.70. The summed E-state index contributed by atoms with van der Waals surface area (Å²) in [6.45, 7) is 6.48. The first-order chi connectivity index (χ1) is 16.1. The molecule has 6 heteroatoms. The zero-order valence-corrected chi connectivity index (χ0v) is 19.8. The Morgan fingerprint density at radius 3 is 2.55 bits per heavy atom. The molecule has 0 aliphatic rings. The molecule has 6 nitrogen and oxygen atoms in total. The van der Waals surface area contributed by atoms with Crippen molar-refractivity contribution in [3.8, 4) is 5.75 Å². The summed E-state index contributed by atoms with van der Waals surface area (Å²) in [6.07, 6.45) is 4.63. The lowest BCUT2D eigenvalue weighted by Crippen LogP contribution is -2.18. The van der Waals surface area contributed by atoms with Crippen LogP contribution in [0.4, 0.5) is 0 Å². The Hall–Kier alpha value is -3.51. The van der Waals surface area contributed by atoms with E-state index in [1.807, 2.05) is 55.7 Å². The fourth-order valence-electron chi connectivity index (χ4n) is 2.90. The zero-order valence-electron chi connectivity index (χ0n) is 19.8. The summed E-state index contributed by atoms with van der Waals surface area (Å²) in [5, 5.41) is 5.86. The second-order valence-corrected chi connectivity index (χ2v) is 7.32. The summed E-state index contributed by atoms with van der Waals surface area (Å²) in [5.74, 6) is 0.953. The number of pyridine rings is 1. The van der Waals surface area contributed by atoms with Gasteiger partial charge >= 0.3 is 0 Å². The van der Waals surface area contributed by atoms with Crippen molar-refractivity contribution in [2.75, 3.05) is 20.1 Å². The van der Waals surface area contributed by atoms with Gasteiger partial charge in [-0.15, -0.1) is 0 Å². The first-order valence-corrected chi connectivity index (χ1v) is 11.2. The van der Waals surface area contributed by atoms with Crippen molar-refractivity contribution in [1.29, 1.82) is 0 Å². The molecular weight excluding hydrogens is 412 g/mol. The predicted molar refractivity (Wildman–Crippen MR) is 135 cm³/mol. The van der Waals surface area contributed by atoms with Crippen molar-refractivity contribution >= 4 is 12.1 Å². The van der Waals surface area contributed by atoms with E-state index in [0.29, 0.717) is 6.61 Å². The molecule has 2 N–H and O–H groups in total. The molecule has 1 amide bonds.